The molecule has 0 N–H and O–H groups in total. The average Bonchev–Trinajstić information content (AvgIpc) is 2.75. The fraction of sp³-hybridized carbons (Fsp3) is 0.533. The van der Waals surface area contributed by atoms with Crippen molar-refractivity contribution in [3.63, 3.8) is 0 Å². The maximum Gasteiger partial charge on any atom is 0.493 e. The highest BCUT2D eigenvalue weighted by atomic mass is 32.1. The molecule has 6 heteroatoms. The molecular weight excluding hydrogens is 285 g/mol. The molecule has 0 saturated carbocycles. The number of hydrogen-bond acceptors (Lipinski definition) is 4. The largest absolute Gasteiger partial charge is 0.493 e. The Balaban J connectivity index is 1.94. The van der Waals surface area contributed by atoms with Crippen molar-refractivity contribution >= 4 is 34.1 Å². The summed E-state index contributed by atoms with van der Waals surface area (Å²) in [5.74, 6) is 0. The lowest BCUT2D eigenvalue weighted by Crippen LogP contribution is -2.47. The van der Waals surface area contributed by atoms with Gasteiger partial charge in [-0.05, 0) is 24.0 Å². The predicted molar refractivity (Wildman–Crippen MR) is 87.4 cm³/mol. The number of hydrogen-bond donors (Lipinski definition) is 0. The zero-order chi connectivity index (χ0) is 15.0. The molecule has 3 rings (SSSR count). The highest BCUT2D eigenvalue weighted by Crippen LogP contribution is 2.22. The van der Waals surface area contributed by atoms with Crippen molar-refractivity contribution in [3.8, 4) is 0 Å². The van der Waals surface area contributed by atoms with E-state index in [0.29, 0.717) is 13.2 Å². The van der Waals surface area contributed by atoms with Crippen LogP contribution < -0.4 is 10.3 Å². The summed E-state index contributed by atoms with van der Waals surface area (Å²) in [7, 11) is -0.326. The maximum atomic E-state index is 12.0. The molecule has 2 heterocycles. The summed E-state index contributed by atoms with van der Waals surface area (Å²) in [4.78, 5) is 12.1. The van der Waals surface area contributed by atoms with E-state index in [-0.39, 0.29) is 17.4 Å². The van der Waals surface area contributed by atoms with E-state index in [1.54, 1.807) is 0 Å². The molecule has 21 heavy (non-hydrogen) atoms. The van der Waals surface area contributed by atoms with Gasteiger partial charge in [0, 0.05) is 25.2 Å². The minimum Gasteiger partial charge on any atom is -0.407 e. The zero-order valence-corrected chi connectivity index (χ0v) is 13.5. The Morgan fingerprint density at radius 1 is 1.33 bits per heavy atom. The summed E-state index contributed by atoms with van der Waals surface area (Å²) in [6, 6.07) is 6.03. The van der Waals surface area contributed by atoms with Crippen molar-refractivity contribution < 1.29 is 9.31 Å². The first kappa shape index (κ1) is 14.8. The average molecular weight is 305 g/mol. The Kier molecular flexibility index (Phi) is 3.95. The molecule has 0 bridgehead atoms. The van der Waals surface area contributed by atoms with Crippen molar-refractivity contribution in [2.45, 2.75) is 33.7 Å². The van der Waals surface area contributed by atoms with Crippen LogP contribution in [0.25, 0.3) is 10.2 Å². The fourth-order valence-electron chi connectivity index (χ4n) is 2.55. The van der Waals surface area contributed by atoms with E-state index in [2.05, 4.69) is 20.8 Å². The van der Waals surface area contributed by atoms with Crippen LogP contribution in [0.15, 0.2) is 23.0 Å². The van der Waals surface area contributed by atoms with Crippen molar-refractivity contribution in [1.29, 1.82) is 0 Å². The van der Waals surface area contributed by atoms with E-state index >= 15 is 0 Å². The van der Waals surface area contributed by atoms with Gasteiger partial charge in [0.2, 0.25) is 0 Å². The fourth-order valence-corrected chi connectivity index (χ4v) is 3.44. The number of nitrogens with zero attached hydrogens (tertiary/aromatic N) is 1. The van der Waals surface area contributed by atoms with Crippen LogP contribution in [0, 0.1) is 5.41 Å². The van der Waals surface area contributed by atoms with E-state index in [4.69, 9.17) is 9.31 Å². The van der Waals surface area contributed by atoms with E-state index in [1.165, 1.54) is 11.3 Å². The Labute approximate surface area is 128 Å². The van der Waals surface area contributed by atoms with Gasteiger partial charge in [0.25, 0.3) is 0 Å². The van der Waals surface area contributed by atoms with Gasteiger partial charge in [-0.2, -0.15) is 0 Å². The first-order chi connectivity index (χ1) is 10.00. The minimum atomic E-state index is -0.326. The first-order valence-corrected chi connectivity index (χ1v) is 8.18. The van der Waals surface area contributed by atoms with E-state index in [0.717, 1.165) is 28.6 Å². The molecule has 1 fully saturated rings. The lowest BCUT2D eigenvalue weighted by Gasteiger charge is -2.33. The molecule has 0 radical (unpaired) electrons. The van der Waals surface area contributed by atoms with E-state index in [1.807, 2.05) is 22.8 Å². The molecule has 1 aromatic carbocycles. The van der Waals surface area contributed by atoms with Crippen molar-refractivity contribution in [2.75, 3.05) is 13.2 Å². The van der Waals surface area contributed by atoms with Gasteiger partial charge in [0.15, 0.2) is 0 Å². The maximum absolute atomic E-state index is 12.0. The quantitative estimate of drug-likeness (QED) is 0.817. The van der Waals surface area contributed by atoms with E-state index < -0.39 is 0 Å². The molecule has 0 spiro atoms. The van der Waals surface area contributed by atoms with Crippen LogP contribution in [0.5, 0.6) is 0 Å². The number of fused-ring (bicyclic) bond motifs is 1. The van der Waals surface area contributed by atoms with E-state index in [9.17, 15) is 4.79 Å². The van der Waals surface area contributed by atoms with Gasteiger partial charge in [0.1, 0.15) is 0 Å². The molecule has 0 atom stereocenters. The van der Waals surface area contributed by atoms with Crippen molar-refractivity contribution in [3.05, 3.63) is 27.9 Å². The van der Waals surface area contributed by atoms with Crippen LogP contribution in [0.2, 0.25) is 0 Å². The Morgan fingerprint density at radius 2 is 2.05 bits per heavy atom. The SMILES string of the molecule is CCCn1c(=O)sc2ccc(B3OCC(C)(C)CO3)cc21. The molecule has 1 saturated heterocycles. The van der Waals surface area contributed by atoms with Crippen LogP contribution >= 0.6 is 11.3 Å². The molecule has 4 nitrogen and oxygen atoms in total. The van der Waals surface area contributed by atoms with Crippen LogP contribution in [0.1, 0.15) is 27.2 Å². The van der Waals surface area contributed by atoms with Gasteiger partial charge >= 0.3 is 12.0 Å². The van der Waals surface area contributed by atoms with Gasteiger partial charge in [0.05, 0.1) is 10.2 Å². The highest BCUT2D eigenvalue weighted by Gasteiger charge is 2.33. The van der Waals surface area contributed by atoms with Crippen LogP contribution in [-0.2, 0) is 15.9 Å². The number of aromatic nitrogens is 1. The predicted octanol–water partition coefficient (Wildman–Crippen LogP) is 2.24. The smallest absolute Gasteiger partial charge is 0.407 e. The summed E-state index contributed by atoms with van der Waals surface area (Å²) in [6.07, 6.45) is 0.945. The van der Waals surface area contributed by atoms with Crippen LogP contribution in [-0.4, -0.2) is 24.9 Å². The third-order valence-corrected chi connectivity index (χ3v) is 4.62. The van der Waals surface area contributed by atoms with Gasteiger partial charge < -0.3 is 9.31 Å². The second-order valence-electron chi connectivity index (χ2n) is 6.36. The lowest BCUT2D eigenvalue weighted by molar-refractivity contribution is 0.0343. The third kappa shape index (κ3) is 2.93. The Morgan fingerprint density at radius 3 is 2.71 bits per heavy atom. The molecule has 1 aromatic heterocycles. The van der Waals surface area contributed by atoms with Crippen LogP contribution in [0.3, 0.4) is 0 Å². The second-order valence-corrected chi connectivity index (χ2v) is 7.36. The normalized spacial score (nSPS) is 18.3. The molecule has 0 amide bonds. The molecule has 2 aromatic rings. The Hall–Kier alpha value is -1.11. The zero-order valence-electron chi connectivity index (χ0n) is 12.7. The molecule has 0 unspecified atom stereocenters. The summed E-state index contributed by atoms with van der Waals surface area (Å²) in [5.41, 5.74) is 2.04. The molecule has 1 aliphatic rings. The second kappa shape index (κ2) is 5.59. The number of aryl methyl sites for hydroxylation is 1. The van der Waals surface area contributed by atoms with Gasteiger partial charge in [-0.3, -0.25) is 9.36 Å². The molecule has 112 valence electrons. The standard InChI is InChI=1S/C15H20BNO3S/c1-4-7-17-12-8-11(5-6-13(12)21-14(17)18)16-19-9-15(2,3)10-20-16/h5-6,8H,4,7,9-10H2,1-3H3. The van der Waals surface area contributed by atoms with Crippen LogP contribution in [0.4, 0.5) is 0 Å². The van der Waals surface area contributed by atoms with Gasteiger partial charge in [-0.15, -0.1) is 0 Å². The van der Waals surface area contributed by atoms with Gasteiger partial charge in [-0.1, -0.05) is 38.2 Å². The summed E-state index contributed by atoms with van der Waals surface area (Å²) >= 11 is 1.30. The van der Waals surface area contributed by atoms with Gasteiger partial charge in [-0.25, -0.2) is 0 Å². The summed E-state index contributed by atoms with van der Waals surface area (Å²) < 4.78 is 14.5. The topological polar surface area (TPSA) is 40.5 Å². The summed E-state index contributed by atoms with van der Waals surface area (Å²) in [6.45, 7) is 8.45. The molecule has 0 aliphatic carbocycles. The highest BCUT2D eigenvalue weighted by molar-refractivity contribution is 7.16. The third-order valence-electron chi connectivity index (χ3n) is 3.66. The minimum absolute atomic E-state index is 0.0628. The monoisotopic (exact) mass is 305 g/mol. The Bertz CT molecular complexity index is 696. The first-order valence-electron chi connectivity index (χ1n) is 7.37. The molecule has 1 aliphatic heterocycles. The summed E-state index contributed by atoms with van der Waals surface area (Å²) in [5, 5.41) is 0. The van der Waals surface area contributed by atoms with Crippen molar-refractivity contribution in [2.24, 2.45) is 5.41 Å². The molecular formula is C15H20BNO3S. The lowest BCUT2D eigenvalue weighted by atomic mass is 9.76. The number of rotatable bonds is 3. The number of thiazole rings is 1. The van der Waals surface area contributed by atoms with Crippen molar-refractivity contribution in [1.82, 2.24) is 4.57 Å². The number of benzene rings is 1.